The van der Waals surface area contributed by atoms with Crippen LogP contribution in [0.5, 0.6) is 0 Å². The summed E-state index contributed by atoms with van der Waals surface area (Å²) in [5.74, 6) is 0.0147. The maximum atomic E-state index is 11.8. The largest absolute Gasteiger partial charge is 0.351 e. The summed E-state index contributed by atoms with van der Waals surface area (Å²) in [6.07, 6.45) is 0. The second kappa shape index (κ2) is 5.51. The minimum Gasteiger partial charge on any atom is -0.351 e. The van der Waals surface area contributed by atoms with E-state index in [1.165, 1.54) is 0 Å². The third-order valence-electron chi connectivity index (χ3n) is 2.37. The lowest BCUT2D eigenvalue weighted by Crippen LogP contribution is -2.31. The third kappa shape index (κ3) is 3.06. The lowest BCUT2D eigenvalue weighted by Gasteiger charge is -2.09. The molecule has 1 amide bonds. The summed E-state index contributed by atoms with van der Waals surface area (Å²) >= 11 is 0. The summed E-state index contributed by atoms with van der Waals surface area (Å²) in [6, 6.07) is 5.88. The van der Waals surface area contributed by atoms with Crippen molar-refractivity contribution in [2.75, 3.05) is 20.1 Å². The maximum absolute atomic E-state index is 11.8. The van der Waals surface area contributed by atoms with Crippen molar-refractivity contribution in [3.63, 3.8) is 0 Å². The van der Waals surface area contributed by atoms with Crippen molar-refractivity contribution in [3.8, 4) is 0 Å². The van der Waals surface area contributed by atoms with Crippen molar-refractivity contribution >= 4 is 5.91 Å². The fourth-order valence-corrected chi connectivity index (χ4v) is 1.56. The van der Waals surface area contributed by atoms with Gasteiger partial charge in [0.2, 0.25) is 0 Å². The summed E-state index contributed by atoms with van der Waals surface area (Å²) < 4.78 is 0. The van der Waals surface area contributed by atoms with Gasteiger partial charge in [-0.25, -0.2) is 0 Å². The minimum atomic E-state index is 0.0147. The molecule has 1 rings (SSSR count). The number of likely N-dealkylation sites (N-methyl/N-ethyl adjacent to an activating group) is 1. The van der Waals surface area contributed by atoms with Crippen LogP contribution in [0.3, 0.4) is 0 Å². The van der Waals surface area contributed by atoms with Gasteiger partial charge in [0.25, 0.3) is 5.91 Å². The number of aryl methyl sites for hydroxylation is 2. The molecular weight excluding hydrogens is 188 g/mol. The molecule has 3 nitrogen and oxygen atoms in total. The average molecular weight is 206 g/mol. The Balaban J connectivity index is 2.73. The van der Waals surface area contributed by atoms with E-state index in [4.69, 9.17) is 0 Å². The molecule has 0 atom stereocenters. The Kier molecular flexibility index (Phi) is 4.31. The van der Waals surface area contributed by atoms with Gasteiger partial charge in [0.05, 0.1) is 0 Å². The Bertz CT molecular complexity index is 327. The van der Waals surface area contributed by atoms with Crippen LogP contribution in [0.25, 0.3) is 0 Å². The normalized spacial score (nSPS) is 10.1. The number of nitrogens with one attached hydrogen (secondary N) is 2. The zero-order valence-corrected chi connectivity index (χ0v) is 9.55. The van der Waals surface area contributed by atoms with E-state index < -0.39 is 0 Å². The van der Waals surface area contributed by atoms with E-state index in [0.29, 0.717) is 6.54 Å². The molecule has 0 radical (unpaired) electrons. The molecule has 0 aliphatic carbocycles. The van der Waals surface area contributed by atoms with E-state index in [9.17, 15) is 4.79 Å². The highest BCUT2D eigenvalue weighted by molar-refractivity contribution is 5.97. The summed E-state index contributed by atoms with van der Waals surface area (Å²) in [4.78, 5) is 11.8. The van der Waals surface area contributed by atoms with Crippen molar-refractivity contribution in [2.24, 2.45) is 0 Å². The first-order valence-corrected chi connectivity index (χ1v) is 5.16. The quantitative estimate of drug-likeness (QED) is 0.728. The van der Waals surface area contributed by atoms with Crippen LogP contribution in [0, 0.1) is 13.8 Å². The van der Waals surface area contributed by atoms with E-state index in [1.807, 2.05) is 39.1 Å². The van der Waals surface area contributed by atoms with Crippen molar-refractivity contribution in [1.82, 2.24) is 10.6 Å². The van der Waals surface area contributed by atoms with Crippen molar-refractivity contribution in [3.05, 3.63) is 34.9 Å². The molecular formula is C12H18N2O. The SMILES string of the molecule is CNCCNC(=O)c1c(C)cccc1C. The van der Waals surface area contributed by atoms with Crippen LogP contribution in [-0.2, 0) is 0 Å². The standard InChI is InChI=1S/C12H18N2O/c1-9-5-4-6-10(2)11(9)12(15)14-8-7-13-3/h4-6,13H,7-8H2,1-3H3,(H,14,15). The predicted octanol–water partition coefficient (Wildman–Crippen LogP) is 1.25. The van der Waals surface area contributed by atoms with E-state index in [0.717, 1.165) is 23.2 Å². The first-order valence-electron chi connectivity index (χ1n) is 5.16. The molecule has 0 fully saturated rings. The van der Waals surface area contributed by atoms with E-state index >= 15 is 0 Å². The number of carbonyl (C=O) groups excluding carboxylic acids is 1. The molecule has 0 unspecified atom stereocenters. The second-order valence-corrected chi connectivity index (χ2v) is 3.63. The average Bonchev–Trinajstić information content (AvgIpc) is 2.18. The molecule has 0 aromatic heterocycles. The number of hydrogen-bond donors (Lipinski definition) is 2. The number of hydrogen-bond acceptors (Lipinski definition) is 2. The first kappa shape index (κ1) is 11.7. The lowest BCUT2D eigenvalue weighted by atomic mass is 10.0. The molecule has 0 saturated heterocycles. The Morgan fingerprint density at radius 3 is 2.33 bits per heavy atom. The first-order chi connectivity index (χ1) is 7.16. The maximum Gasteiger partial charge on any atom is 0.251 e. The third-order valence-corrected chi connectivity index (χ3v) is 2.37. The molecule has 3 heteroatoms. The van der Waals surface area contributed by atoms with E-state index in [2.05, 4.69) is 10.6 Å². The number of rotatable bonds is 4. The van der Waals surface area contributed by atoms with Crippen molar-refractivity contribution in [1.29, 1.82) is 0 Å². The molecule has 0 aliphatic rings. The molecule has 0 aliphatic heterocycles. The number of amides is 1. The fourth-order valence-electron chi connectivity index (χ4n) is 1.56. The van der Waals surface area contributed by atoms with Crippen molar-refractivity contribution < 1.29 is 4.79 Å². The monoisotopic (exact) mass is 206 g/mol. The Morgan fingerprint density at radius 1 is 1.20 bits per heavy atom. The van der Waals surface area contributed by atoms with Gasteiger partial charge in [-0.2, -0.15) is 0 Å². The Morgan fingerprint density at radius 2 is 1.80 bits per heavy atom. The van der Waals surface area contributed by atoms with Crippen LogP contribution >= 0.6 is 0 Å². The smallest absolute Gasteiger partial charge is 0.251 e. The number of benzene rings is 1. The van der Waals surface area contributed by atoms with Crippen molar-refractivity contribution in [2.45, 2.75) is 13.8 Å². The highest BCUT2D eigenvalue weighted by atomic mass is 16.1. The van der Waals surface area contributed by atoms with Crippen LogP contribution in [-0.4, -0.2) is 26.0 Å². The highest BCUT2D eigenvalue weighted by Gasteiger charge is 2.10. The van der Waals surface area contributed by atoms with Crippen LogP contribution in [0.2, 0.25) is 0 Å². The molecule has 0 spiro atoms. The summed E-state index contributed by atoms with van der Waals surface area (Å²) in [7, 11) is 1.87. The Hall–Kier alpha value is -1.35. The minimum absolute atomic E-state index is 0.0147. The lowest BCUT2D eigenvalue weighted by molar-refractivity contribution is 0.0953. The molecule has 1 aromatic carbocycles. The van der Waals surface area contributed by atoms with Gasteiger partial charge < -0.3 is 10.6 Å². The molecule has 0 heterocycles. The molecule has 2 N–H and O–H groups in total. The van der Waals surface area contributed by atoms with Crippen LogP contribution in [0.4, 0.5) is 0 Å². The van der Waals surface area contributed by atoms with Gasteiger partial charge in [-0.3, -0.25) is 4.79 Å². The van der Waals surface area contributed by atoms with Gasteiger partial charge in [-0.1, -0.05) is 18.2 Å². The predicted molar refractivity (Wildman–Crippen MR) is 62.2 cm³/mol. The van der Waals surface area contributed by atoms with Gasteiger partial charge in [0, 0.05) is 18.7 Å². The van der Waals surface area contributed by atoms with Crippen LogP contribution < -0.4 is 10.6 Å². The fraction of sp³-hybridized carbons (Fsp3) is 0.417. The molecule has 15 heavy (non-hydrogen) atoms. The van der Waals surface area contributed by atoms with Crippen LogP contribution in [0.1, 0.15) is 21.5 Å². The summed E-state index contributed by atoms with van der Waals surface area (Å²) in [5.41, 5.74) is 2.85. The summed E-state index contributed by atoms with van der Waals surface area (Å²) in [5, 5.41) is 5.87. The summed E-state index contributed by atoms with van der Waals surface area (Å²) in [6.45, 7) is 5.36. The number of carbonyl (C=O) groups is 1. The second-order valence-electron chi connectivity index (χ2n) is 3.63. The van der Waals surface area contributed by atoms with E-state index in [1.54, 1.807) is 0 Å². The topological polar surface area (TPSA) is 41.1 Å². The van der Waals surface area contributed by atoms with Gasteiger partial charge in [-0.15, -0.1) is 0 Å². The van der Waals surface area contributed by atoms with Gasteiger partial charge in [0.15, 0.2) is 0 Å². The van der Waals surface area contributed by atoms with E-state index in [-0.39, 0.29) is 5.91 Å². The molecule has 1 aromatic rings. The molecule has 0 saturated carbocycles. The molecule has 0 bridgehead atoms. The van der Waals surface area contributed by atoms with Gasteiger partial charge in [-0.05, 0) is 32.0 Å². The molecule has 82 valence electrons. The van der Waals surface area contributed by atoms with Crippen LogP contribution in [0.15, 0.2) is 18.2 Å². The zero-order valence-electron chi connectivity index (χ0n) is 9.55. The van der Waals surface area contributed by atoms with Gasteiger partial charge >= 0.3 is 0 Å². The Labute approximate surface area is 90.9 Å². The van der Waals surface area contributed by atoms with Gasteiger partial charge in [0.1, 0.15) is 0 Å². The zero-order chi connectivity index (χ0) is 11.3. The highest BCUT2D eigenvalue weighted by Crippen LogP contribution is 2.12.